The fourth-order valence-corrected chi connectivity index (χ4v) is 2.19. The third-order valence-electron chi connectivity index (χ3n) is 3.42. The number of hydrogen-bond acceptors (Lipinski definition) is 6. The Bertz CT molecular complexity index is 501. The van der Waals surface area contributed by atoms with Gasteiger partial charge in [-0.3, -0.25) is 0 Å². The predicted molar refractivity (Wildman–Crippen MR) is 75.1 cm³/mol. The lowest BCUT2D eigenvalue weighted by atomic mass is 9.89. The minimum absolute atomic E-state index is 0.00623. The summed E-state index contributed by atoms with van der Waals surface area (Å²) in [5, 5.41) is 7.19. The van der Waals surface area contributed by atoms with Crippen molar-refractivity contribution in [3.8, 4) is 0 Å². The highest BCUT2D eigenvalue weighted by molar-refractivity contribution is 6.30. The standard InChI is InChI=1S/C12H18ClF2N5O/c13-11-7(3-9(17)19-20-11)8(4-21-6-1-2-6)10(18)12(14,15)5-16/h3,6,8,10H,1-2,4-5,16,18H2,(H2,17,19). The van der Waals surface area contributed by atoms with Crippen LogP contribution >= 0.6 is 11.6 Å². The van der Waals surface area contributed by atoms with Crippen LogP contribution in [0.3, 0.4) is 0 Å². The van der Waals surface area contributed by atoms with Crippen LogP contribution in [0.15, 0.2) is 6.07 Å². The van der Waals surface area contributed by atoms with Gasteiger partial charge >= 0.3 is 0 Å². The number of anilines is 1. The molecule has 118 valence electrons. The molecule has 0 amide bonds. The van der Waals surface area contributed by atoms with Crippen molar-refractivity contribution >= 4 is 17.4 Å². The molecule has 9 heteroatoms. The first-order valence-electron chi connectivity index (χ1n) is 6.59. The average Bonchev–Trinajstić information content (AvgIpc) is 3.26. The summed E-state index contributed by atoms with van der Waals surface area (Å²) in [6.45, 7) is -0.855. The quantitative estimate of drug-likeness (QED) is 0.687. The zero-order chi connectivity index (χ0) is 15.6. The molecule has 0 saturated heterocycles. The van der Waals surface area contributed by atoms with Crippen LogP contribution in [-0.2, 0) is 4.74 Å². The number of nitrogens with two attached hydrogens (primary N) is 3. The molecule has 0 radical (unpaired) electrons. The lowest BCUT2D eigenvalue weighted by Crippen LogP contribution is -2.51. The number of nitrogen functional groups attached to an aromatic ring is 1. The zero-order valence-corrected chi connectivity index (χ0v) is 12.1. The first-order valence-corrected chi connectivity index (χ1v) is 6.96. The van der Waals surface area contributed by atoms with Gasteiger partial charge in [-0.25, -0.2) is 8.78 Å². The molecule has 0 aromatic carbocycles. The van der Waals surface area contributed by atoms with Gasteiger partial charge in [-0.05, 0) is 18.9 Å². The van der Waals surface area contributed by atoms with E-state index in [1.807, 2.05) is 0 Å². The second kappa shape index (κ2) is 6.35. The Hall–Kier alpha value is -1.09. The molecule has 2 rings (SSSR count). The fraction of sp³-hybridized carbons (Fsp3) is 0.667. The van der Waals surface area contributed by atoms with Gasteiger partial charge in [0, 0.05) is 11.5 Å². The van der Waals surface area contributed by atoms with Crippen molar-refractivity contribution in [3.63, 3.8) is 0 Å². The SMILES string of the molecule is NCC(F)(F)C(N)C(COC1CC1)c1cc(N)nnc1Cl. The maximum absolute atomic E-state index is 13.8. The first-order chi connectivity index (χ1) is 9.85. The van der Waals surface area contributed by atoms with Crippen LogP contribution in [0.25, 0.3) is 0 Å². The summed E-state index contributed by atoms with van der Waals surface area (Å²) in [6.07, 6.45) is 1.93. The zero-order valence-electron chi connectivity index (χ0n) is 11.3. The number of ether oxygens (including phenoxy) is 1. The van der Waals surface area contributed by atoms with Gasteiger partial charge in [0.05, 0.1) is 25.3 Å². The highest BCUT2D eigenvalue weighted by Crippen LogP contribution is 2.34. The molecule has 1 saturated carbocycles. The summed E-state index contributed by atoms with van der Waals surface area (Å²) in [7, 11) is 0. The molecule has 6 nitrogen and oxygen atoms in total. The smallest absolute Gasteiger partial charge is 0.275 e. The van der Waals surface area contributed by atoms with Crippen LogP contribution in [-0.4, -0.2) is 41.4 Å². The van der Waals surface area contributed by atoms with Crippen LogP contribution < -0.4 is 17.2 Å². The van der Waals surface area contributed by atoms with Crippen molar-refractivity contribution in [2.75, 3.05) is 18.9 Å². The summed E-state index contributed by atoms with van der Waals surface area (Å²) < 4.78 is 33.2. The molecule has 1 aliphatic rings. The molecule has 1 aromatic heterocycles. The highest BCUT2D eigenvalue weighted by Gasteiger charge is 2.42. The van der Waals surface area contributed by atoms with E-state index in [0.29, 0.717) is 5.56 Å². The lowest BCUT2D eigenvalue weighted by Gasteiger charge is -2.30. The molecular weight excluding hydrogens is 304 g/mol. The van der Waals surface area contributed by atoms with E-state index >= 15 is 0 Å². The maximum atomic E-state index is 13.8. The third kappa shape index (κ3) is 3.97. The van der Waals surface area contributed by atoms with Gasteiger partial charge in [0.25, 0.3) is 5.92 Å². The van der Waals surface area contributed by atoms with Crippen LogP contribution in [0, 0.1) is 0 Å². The van der Waals surface area contributed by atoms with Crippen molar-refractivity contribution in [2.45, 2.75) is 36.8 Å². The van der Waals surface area contributed by atoms with Gasteiger partial charge in [-0.2, -0.15) is 0 Å². The lowest BCUT2D eigenvalue weighted by molar-refractivity contribution is -0.0356. The van der Waals surface area contributed by atoms with Gasteiger partial charge < -0.3 is 21.9 Å². The van der Waals surface area contributed by atoms with Crippen molar-refractivity contribution in [1.82, 2.24) is 10.2 Å². The molecule has 0 spiro atoms. The number of hydrogen-bond donors (Lipinski definition) is 3. The van der Waals surface area contributed by atoms with Gasteiger partial charge in [0.15, 0.2) is 5.15 Å². The Morgan fingerprint density at radius 2 is 2.10 bits per heavy atom. The first kappa shape index (κ1) is 16.3. The number of halogens is 3. The number of aromatic nitrogens is 2. The molecular formula is C12H18ClF2N5O. The van der Waals surface area contributed by atoms with E-state index in [0.717, 1.165) is 12.8 Å². The van der Waals surface area contributed by atoms with Crippen LogP contribution in [0.4, 0.5) is 14.6 Å². The van der Waals surface area contributed by atoms with Crippen molar-refractivity contribution in [3.05, 3.63) is 16.8 Å². The molecule has 2 unspecified atom stereocenters. The average molecular weight is 322 g/mol. The molecule has 0 bridgehead atoms. The topological polar surface area (TPSA) is 113 Å². The summed E-state index contributed by atoms with van der Waals surface area (Å²) in [6, 6.07) is -0.162. The van der Waals surface area contributed by atoms with Crippen LogP contribution in [0.2, 0.25) is 5.15 Å². The number of alkyl halides is 2. The van der Waals surface area contributed by atoms with Gasteiger partial charge in [-0.1, -0.05) is 11.6 Å². The normalized spacial score (nSPS) is 18.5. The Morgan fingerprint density at radius 1 is 1.43 bits per heavy atom. The summed E-state index contributed by atoms with van der Waals surface area (Å²) >= 11 is 5.94. The molecule has 0 aliphatic heterocycles. The van der Waals surface area contributed by atoms with Gasteiger partial charge in [0.2, 0.25) is 0 Å². The third-order valence-corrected chi connectivity index (χ3v) is 3.72. The largest absolute Gasteiger partial charge is 0.382 e. The summed E-state index contributed by atoms with van der Waals surface area (Å²) in [5.41, 5.74) is 16.7. The number of rotatable bonds is 7. The molecule has 2 atom stereocenters. The highest BCUT2D eigenvalue weighted by atomic mass is 35.5. The van der Waals surface area contributed by atoms with E-state index in [-0.39, 0.29) is 23.7 Å². The van der Waals surface area contributed by atoms with E-state index in [2.05, 4.69) is 10.2 Å². The van der Waals surface area contributed by atoms with Crippen molar-refractivity contribution in [2.24, 2.45) is 11.5 Å². The van der Waals surface area contributed by atoms with Gasteiger partial charge in [0.1, 0.15) is 5.82 Å². The predicted octanol–water partition coefficient (Wildman–Crippen LogP) is 0.896. The van der Waals surface area contributed by atoms with Crippen LogP contribution in [0.1, 0.15) is 24.3 Å². The monoisotopic (exact) mass is 321 g/mol. The Balaban J connectivity index is 2.27. The van der Waals surface area contributed by atoms with Crippen LogP contribution in [0.5, 0.6) is 0 Å². The molecule has 1 fully saturated rings. The second-order valence-electron chi connectivity index (χ2n) is 5.15. The van der Waals surface area contributed by atoms with E-state index in [1.165, 1.54) is 6.07 Å². The minimum atomic E-state index is -3.25. The second-order valence-corrected chi connectivity index (χ2v) is 5.50. The van der Waals surface area contributed by atoms with E-state index < -0.39 is 24.4 Å². The molecule has 1 aromatic rings. The van der Waals surface area contributed by atoms with E-state index in [1.54, 1.807) is 0 Å². The van der Waals surface area contributed by atoms with Gasteiger partial charge in [-0.15, -0.1) is 10.2 Å². The number of nitrogens with zero attached hydrogens (tertiary/aromatic N) is 2. The van der Waals surface area contributed by atoms with Crippen molar-refractivity contribution < 1.29 is 13.5 Å². The molecule has 6 N–H and O–H groups in total. The molecule has 1 aliphatic carbocycles. The Kier molecular flexibility index (Phi) is 4.92. The molecule has 21 heavy (non-hydrogen) atoms. The van der Waals surface area contributed by atoms with E-state index in [9.17, 15) is 8.78 Å². The maximum Gasteiger partial charge on any atom is 0.275 e. The molecule has 1 heterocycles. The Morgan fingerprint density at radius 3 is 2.67 bits per heavy atom. The van der Waals surface area contributed by atoms with Crippen molar-refractivity contribution in [1.29, 1.82) is 0 Å². The summed E-state index contributed by atoms with van der Waals surface area (Å²) in [5.74, 6) is -4.04. The fourth-order valence-electron chi connectivity index (χ4n) is 1.96. The Labute approximate surface area is 126 Å². The van der Waals surface area contributed by atoms with E-state index in [4.69, 9.17) is 33.5 Å². The summed E-state index contributed by atoms with van der Waals surface area (Å²) in [4.78, 5) is 0. The minimum Gasteiger partial charge on any atom is -0.382 e.